The summed E-state index contributed by atoms with van der Waals surface area (Å²) in [6, 6.07) is 16.3. The van der Waals surface area contributed by atoms with Crippen LogP contribution in [0.15, 0.2) is 54.7 Å². The van der Waals surface area contributed by atoms with Crippen LogP contribution in [-0.4, -0.2) is 58.9 Å². The Hall–Kier alpha value is -4.03. The van der Waals surface area contributed by atoms with E-state index in [0.29, 0.717) is 23.4 Å². The molecule has 0 aliphatic carbocycles. The molecule has 0 atom stereocenters. The van der Waals surface area contributed by atoms with Gasteiger partial charge in [-0.2, -0.15) is 10.2 Å². The summed E-state index contributed by atoms with van der Waals surface area (Å²) in [5.74, 6) is -0.324. The number of carbonyl (C=O) groups is 1. The first-order valence-corrected chi connectivity index (χ1v) is 10.6. The number of nitrogens with zero attached hydrogens (tertiary/aromatic N) is 5. The molecule has 0 radical (unpaired) electrons. The van der Waals surface area contributed by atoms with Gasteiger partial charge in [-0.05, 0) is 49.0 Å². The lowest BCUT2D eigenvalue weighted by Gasteiger charge is -2.32. The molecule has 1 aromatic heterocycles. The normalized spacial score (nSPS) is 13.9. The van der Waals surface area contributed by atoms with Gasteiger partial charge in [0.1, 0.15) is 0 Å². The number of nitrogens with one attached hydrogen (secondary N) is 2. The molecule has 2 N–H and O–H groups in total. The van der Waals surface area contributed by atoms with Gasteiger partial charge in [0.15, 0.2) is 11.6 Å². The maximum absolute atomic E-state index is 14.2. The van der Waals surface area contributed by atoms with Gasteiger partial charge in [-0.15, -0.1) is 0 Å². The molecule has 1 aliphatic heterocycles. The fourth-order valence-electron chi connectivity index (χ4n) is 3.47. The molecular weight excluding hydrogens is 421 g/mol. The minimum absolute atomic E-state index is 0.0138. The number of nitriles is 1. The molecule has 8 nitrogen and oxygen atoms in total. The van der Waals surface area contributed by atoms with Gasteiger partial charge >= 0.3 is 0 Å². The van der Waals surface area contributed by atoms with Crippen molar-refractivity contribution in [3.8, 4) is 6.07 Å². The van der Waals surface area contributed by atoms with Crippen molar-refractivity contribution in [2.75, 3.05) is 43.9 Å². The largest absolute Gasteiger partial charge is 0.338 e. The van der Waals surface area contributed by atoms with Gasteiger partial charge in [-0.3, -0.25) is 4.79 Å². The molecule has 1 saturated heterocycles. The van der Waals surface area contributed by atoms with E-state index in [0.717, 1.165) is 37.9 Å². The van der Waals surface area contributed by atoms with Gasteiger partial charge in [0.2, 0.25) is 5.95 Å². The van der Waals surface area contributed by atoms with Crippen LogP contribution in [0.2, 0.25) is 0 Å². The molecule has 0 spiro atoms. The van der Waals surface area contributed by atoms with E-state index in [1.165, 1.54) is 0 Å². The van der Waals surface area contributed by atoms with Crippen LogP contribution in [0.25, 0.3) is 0 Å². The van der Waals surface area contributed by atoms with E-state index in [9.17, 15) is 9.18 Å². The summed E-state index contributed by atoms with van der Waals surface area (Å²) < 4.78 is 14.2. The highest BCUT2D eigenvalue weighted by Gasteiger charge is 2.20. The lowest BCUT2D eigenvalue weighted by molar-refractivity contribution is 0.0664. The van der Waals surface area contributed by atoms with Gasteiger partial charge < -0.3 is 20.4 Å². The third-order valence-electron chi connectivity index (χ3n) is 5.42. The predicted octanol–water partition coefficient (Wildman–Crippen LogP) is 3.56. The number of rotatable bonds is 6. The number of hydrogen-bond acceptors (Lipinski definition) is 7. The van der Waals surface area contributed by atoms with Crippen molar-refractivity contribution >= 4 is 29.0 Å². The maximum atomic E-state index is 14.2. The van der Waals surface area contributed by atoms with Gasteiger partial charge in [0.05, 0.1) is 18.7 Å². The second-order valence-electron chi connectivity index (χ2n) is 7.84. The van der Waals surface area contributed by atoms with Gasteiger partial charge in [-0.1, -0.05) is 12.1 Å². The van der Waals surface area contributed by atoms with Gasteiger partial charge in [-0.25, -0.2) is 9.37 Å². The molecule has 1 fully saturated rings. The molecular formula is C24H24FN7O. The SMILES string of the molecule is CN1CCN(C(=O)c2ccc(Nc3ncc(F)c(Nc4ccc(CC#N)cc4)n3)cc2)CC1. The van der Waals surface area contributed by atoms with Crippen LogP contribution in [0.1, 0.15) is 15.9 Å². The Labute approximate surface area is 191 Å². The van der Waals surface area contributed by atoms with Crippen LogP contribution in [0.4, 0.5) is 27.5 Å². The monoisotopic (exact) mass is 445 g/mol. The summed E-state index contributed by atoms with van der Waals surface area (Å²) >= 11 is 0. The molecule has 0 bridgehead atoms. The van der Waals surface area contributed by atoms with E-state index >= 15 is 0 Å². The Morgan fingerprint density at radius 2 is 1.67 bits per heavy atom. The number of benzene rings is 2. The summed E-state index contributed by atoms with van der Waals surface area (Å²) in [6.07, 6.45) is 1.41. The first-order valence-electron chi connectivity index (χ1n) is 10.6. The Morgan fingerprint density at radius 1 is 1.03 bits per heavy atom. The molecule has 0 unspecified atom stereocenters. The summed E-state index contributed by atoms with van der Waals surface area (Å²) in [5.41, 5.74) is 2.82. The lowest BCUT2D eigenvalue weighted by atomic mass is 10.1. The standard InChI is InChI=1S/C24H24FN7O/c1-31-12-14-32(15-13-31)23(33)18-4-8-20(9-5-18)29-24-27-16-21(25)22(30-24)28-19-6-2-17(3-7-19)10-11-26/h2-9,16H,10,12-15H2,1H3,(H2,27,28,29,30). The number of anilines is 4. The quantitative estimate of drug-likeness (QED) is 0.599. The fourth-order valence-corrected chi connectivity index (χ4v) is 3.47. The summed E-state index contributed by atoms with van der Waals surface area (Å²) in [4.78, 5) is 25.0. The van der Waals surface area contributed by atoms with Crippen molar-refractivity contribution < 1.29 is 9.18 Å². The van der Waals surface area contributed by atoms with Crippen LogP contribution in [-0.2, 0) is 6.42 Å². The average molecular weight is 446 g/mol. The average Bonchev–Trinajstić information content (AvgIpc) is 2.83. The lowest BCUT2D eigenvalue weighted by Crippen LogP contribution is -2.47. The Bertz CT molecular complexity index is 1150. The van der Waals surface area contributed by atoms with Crippen LogP contribution in [0.3, 0.4) is 0 Å². The first-order chi connectivity index (χ1) is 16.0. The molecule has 9 heteroatoms. The third-order valence-corrected chi connectivity index (χ3v) is 5.42. The minimum atomic E-state index is -0.588. The van der Waals surface area contributed by atoms with Gasteiger partial charge in [0, 0.05) is 43.1 Å². The number of hydrogen-bond donors (Lipinski definition) is 2. The van der Waals surface area contributed by atoms with Gasteiger partial charge in [0.25, 0.3) is 5.91 Å². The molecule has 33 heavy (non-hydrogen) atoms. The van der Waals surface area contributed by atoms with Crippen LogP contribution < -0.4 is 10.6 Å². The van der Waals surface area contributed by atoms with Crippen molar-refractivity contribution in [1.82, 2.24) is 19.8 Å². The topological polar surface area (TPSA) is 97.2 Å². The predicted molar refractivity (Wildman–Crippen MR) is 124 cm³/mol. The first kappa shape index (κ1) is 22.2. The second kappa shape index (κ2) is 10.1. The zero-order valence-corrected chi connectivity index (χ0v) is 18.3. The highest BCUT2D eigenvalue weighted by molar-refractivity contribution is 5.94. The van der Waals surface area contributed by atoms with E-state index in [4.69, 9.17) is 5.26 Å². The molecule has 2 aromatic carbocycles. The van der Waals surface area contributed by atoms with Crippen LogP contribution >= 0.6 is 0 Å². The molecule has 3 aromatic rings. The molecule has 1 aliphatic rings. The van der Waals surface area contributed by atoms with Crippen molar-refractivity contribution in [3.63, 3.8) is 0 Å². The number of piperazine rings is 1. The van der Waals surface area contributed by atoms with Crippen molar-refractivity contribution in [2.45, 2.75) is 6.42 Å². The number of carbonyl (C=O) groups excluding carboxylic acids is 1. The number of halogens is 1. The van der Waals surface area contributed by atoms with Crippen LogP contribution in [0, 0.1) is 17.1 Å². The highest BCUT2D eigenvalue weighted by atomic mass is 19.1. The van der Waals surface area contributed by atoms with E-state index in [2.05, 4.69) is 31.6 Å². The molecule has 1 amide bonds. The smallest absolute Gasteiger partial charge is 0.253 e. The zero-order valence-electron chi connectivity index (χ0n) is 18.3. The van der Waals surface area contributed by atoms with Crippen molar-refractivity contribution in [1.29, 1.82) is 5.26 Å². The van der Waals surface area contributed by atoms with Crippen molar-refractivity contribution in [2.24, 2.45) is 0 Å². The third kappa shape index (κ3) is 5.61. The van der Waals surface area contributed by atoms with E-state index in [1.54, 1.807) is 48.5 Å². The van der Waals surface area contributed by atoms with E-state index in [1.807, 2.05) is 11.9 Å². The van der Waals surface area contributed by atoms with E-state index in [-0.39, 0.29) is 17.7 Å². The highest BCUT2D eigenvalue weighted by Crippen LogP contribution is 2.21. The number of likely N-dealkylation sites (N-methyl/N-ethyl adjacent to an activating group) is 1. The van der Waals surface area contributed by atoms with E-state index < -0.39 is 5.82 Å². The maximum Gasteiger partial charge on any atom is 0.253 e. The number of amides is 1. The molecule has 168 valence electrons. The Kier molecular flexibility index (Phi) is 6.76. The second-order valence-corrected chi connectivity index (χ2v) is 7.84. The zero-order chi connectivity index (χ0) is 23.2. The molecule has 4 rings (SSSR count). The Balaban J connectivity index is 1.41. The summed E-state index contributed by atoms with van der Waals surface area (Å²) in [6.45, 7) is 3.17. The Morgan fingerprint density at radius 3 is 2.33 bits per heavy atom. The fraction of sp³-hybridized carbons (Fsp3) is 0.250. The van der Waals surface area contributed by atoms with Crippen molar-refractivity contribution in [3.05, 3.63) is 71.7 Å². The molecule has 0 saturated carbocycles. The molecule has 2 heterocycles. The summed E-state index contributed by atoms with van der Waals surface area (Å²) in [7, 11) is 2.05. The minimum Gasteiger partial charge on any atom is -0.338 e. The number of aromatic nitrogens is 2. The van der Waals surface area contributed by atoms with Crippen LogP contribution in [0.5, 0.6) is 0 Å². The summed E-state index contributed by atoms with van der Waals surface area (Å²) in [5, 5.41) is 14.7.